The molecule has 1 saturated heterocycles. The van der Waals surface area contributed by atoms with Gasteiger partial charge >= 0.3 is 0 Å². The molecule has 2 N–H and O–H groups in total. The van der Waals surface area contributed by atoms with Gasteiger partial charge in [0.25, 0.3) is 5.56 Å². The Morgan fingerprint density at radius 1 is 1.45 bits per heavy atom. The van der Waals surface area contributed by atoms with E-state index in [1.165, 1.54) is 0 Å². The Morgan fingerprint density at radius 2 is 2.15 bits per heavy atom. The molecule has 1 aliphatic heterocycles. The summed E-state index contributed by atoms with van der Waals surface area (Å²) in [5.41, 5.74) is 5.43. The van der Waals surface area contributed by atoms with Crippen LogP contribution in [0.15, 0.2) is 17.2 Å². The van der Waals surface area contributed by atoms with Gasteiger partial charge in [-0.3, -0.25) is 4.79 Å². The molecule has 0 bridgehead atoms. The quantitative estimate of drug-likeness (QED) is 0.862. The Labute approximate surface area is 119 Å². The average Bonchev–Trinajstić information content (AvgIpc) is 2.46. The van der Waals surface area contributed by atoms with E-state index in [1.54, 1.807) is 17.0 Å². The fourth-order valence-corrected chi connectivity index (χ4v) is 2.51. The summed E-state index contributed by atoms with van der Waals surface area (Å²) in [5, 5.41) is 0. The van der Waals surface area contributed by atoms with Gasteiger partial charge in [0.05, 0.1) is 12.7 Å². The first-order chi connectivity index (χ1) is 9.63. The summed E-state index contributed by atoms with van der Waals surface area (Å²) < 4.78 is 7.37. The van der Waals surface area contributed by atoms with Crippen LogP contribution >= 0.6 is 0 Å². The smallest absolute Gasteiger partial charge is 0.293 e. The summed E-state index contributed by atoms with van der Waals surface area (Å²) >= 11 is 0. The monoisotopic (exact) mass is 280 g/mol. The summed E-state index contributed by atoms with van der Waals surface area (Å²) in [6, 6.07) is 0.148. The van der Waals surface area contributed by atoms with E-state index in [0.29, 0.717) is 19.0 Å². The Hall–Kier alpha value is -1.40. The first-order valence-corrected chi connectivity index (χ1v) is 7.27. The van der Waals surface area contributed by atoms with Crippen LogP contribution in [0.3, 0.4) is 0 Å². The fraction of sp³-hybridized carbons (Fsp3) is 0.714. The molecule has 0 atom stereocenters. The van der Waals surface area contributed by atoms with E-state index in [1.807, 2.05) is 13.8 Å². The molecule has 1 aromatic rings. The molecule has 1 fully saturated rings. The van der Waals surface area contributed by atoms with Crippen molar-refractivity contribution in [3.05, 3.63) is 22.7 Å². The van der Waals surface area contributed by atoms with Crippen LogP contribution < -0.4 is 16.2 Å². The summed E-state index contributed by atoms with van der Waals surface area (Å²) in [6.07, 6.45) is 5.53. The Balaban J connectivity index is 2.04. The second-order valence-corrected chi connectivity index (χ2v) is 5.40. The van der Waals surface area contributed by atoms with Crippen molar-refractivity contribution in [2.24, 2.45) is 5.73 Å². The maximum atomic E-state index is 12.4. The summed E-state index contributed by atoms with van der Waals surface area (Å²) in [4.78, 5) is 18.7. The third-order valence-corrected chi connectivity index (χ3v) is 3.62. The van der Waals surface area contributed by atoms with Gasteiger partial charge in [0.2, 0.25) is 0 Å². The lowest BCUT2D eigenvalue weighted by molar-refractivity contribution is 0.0420. The van der Waals surface area contributed by atoms with Crippen LogP contribution in [0.25, 0.3) is 0 Å². The predicted octanol–water partition coefficient (Wildman–Crippen LogP) is 0.768. The minimum Gasteiger partial charge on any atom is -0.377 e. The highest BCUT2D eigenvalue weighted by Gasteiger charge is 2.22. The molecule has 2 heterocycles. The number of nitrogens with zero attached hydrogens (tertiary/aromatic N) is 3. The highest BCUT2D eigenvalue weighted by Crippen LogP contribution is 2.17. The van der Waals surface area contributed by atoms with Crippen molar-refractivity contribution >= 4 is 5.82 Å². The van der Waals surface area contributed by atoms with Gasteiger partial charge in [-0.25, -0.2) is 4.98 Å². The van der Waals surface area contributed by atoms with Crippen LogP contribution in [-0.2, 0) is 4.74 Å². The molecule has 112 valence electrons. The predicted molar refractivity (Wildman–Crippen MR) is 79.1 cm³/mol. The van der Waals surface area contributed by atoms with E-state index in [0.717, 1.165) is 25.9 Å². The molecule has 0 unspecified atom stereocenters. The number of hydrogen-bond donors (Lipinski definition) is 1. The number of hydrogen-bond acceptors (Lipinski definition) is 5. The molecule has 6 heteroatoms. The van der Waals surface area contributed by atoms with Gasteiger partial charge in [-0.15, -0.1) is 0 Å². The van der Waals surface area contributed by atoms with Crippen molar-refractivity contribution in [3.8, 4) is 0 Å². The third kappa shape index (κ3) is 3.37. The molecule has 0 radical (unpaired) electrons. The maximum Gasteiger partial charge on any atom is 0.293 e. The zero-order valence-corrected chi connectivity index (χ0v) is 12.3. The van der Waals surface area contributed by atoms with E-state index in [-0.39, 0.29) is 17.7 Å². The van der Waals surface area contributed by atoms with Crippen molar-refractivity contribution in [1.29, 1.82) is 0 Å². The van der Waals surface area contributed by atoms with Gasteiger partial charge < -0.3 is 19.9 Å². The molecule has 20 heavy (non-hydrogen) atoms. The number of ether oxygens (including phenoxy) is 1. The van der Waals surface area contributed by atoms with Crippen LogP contribution in [-0.4, -0.2) is 41.9 Å². The average molecular weight is 280 g/mol. The normalized spacial score (nSPS) is 16.9. The molecule has 2 rings (SSSR count). The topological polar surface area (TPSA) is 73.4 Å². The standard InChI is InChI=1S/C14H24N4O2/c1-11(2)18-9-6-16-13(14(18)19)17-7-3-12(4-8-17)20-10-5-15/h6,9,11-12H,3-5,7-8,10,15H2,1-2H3. The van der Waals surface area contributed by atoms with Crippen molar-refractivity contribution in [3.63, 3.8) is 0 Å². The van der Waals surface area contributed by atoms with E-state index < -0.39 is 0 Å². The first kappa shape index (κ1) is 15.0. The van der Waals surface area contributed by atoms with Gasteiger partial charge in [0, 0.05) is 38.1 Å². The molecule has 0 spiro atoms. The minimum atomic E-state index is -0.0103. The Morgan fingerprint density at radius 3 is 2.75 bits per heavy atom. The van der Waals surface area contributed by atoms with Crippen molar-refractivity contribution < 1.29 is 4.74 Å². The SMILES string of the molecule is CC(C)n1ccnc(N2CCC(OCCN)CC2)c1=O. The lowest BCUT2D eigenvalue weighted by Crippen LogP contribution is -2.41. The zero-order valence-electron chi connectivity index (χ0n) is 12.3. The van der Waals surface area contributed by atoms with Crippen LogP contribution in [0.4, 0.5) is 5.82 Å². The second-order valence-electron chi connectivity index (χ2n) is 5.40. The highest BCUT2D eigenvalue weighted by molar-refractivity contribution is 5.36. The third-order valence-electron chi connectivity index (χ3n) is 3.62. The van der Waals surface area contributed by atoms with Crippen molar-refractivity contribution in [1.82, 2.24) is 9.55 Å². The molecule has 6 nitrogen and oxygen atoms in total. The molecular formula is C14H24N4O2. The molecule has 1 aromatic heterocycles. The van der Waals surface area contributed by atoms with Crippen molar-refractivity contribution in [2.45, 2.75) is 38.8 Å². The number of rotatable bonds is 5. The van der Waals surface area contributed by atoms with Crippen LogP contribution in [0.1, 0.15) is 32.7 Å². The van der Waals surface area contributed by atoms with Gasteiger partial charge in [-0.2, -0.15) is 0 Å². The van der Waals surface area contributed by atoms with E-state index in [4.69, 9.17) is 10.5 Å². The van der Waals surface area contributed by atoms with Gasteiger partial charge in [-0.05, 0) is 26.7 Å². The molecule has 0 amide bonds. The molecule has 0 saturated carbocycles. The number of aromatic nitrogens is 2. The van der Waals surface area contributed by atoms with Crippen LogP contribution in [0, 0.1) is 0 Å². The van der Waals surface area contributed by atoms with Gasteiger partial charge in [0.15, 0.2) is 5.82 Å². The Kier molecular flexibility index (Phi) is 5.14. The number of piperidine rings is 1. The summed E-state index contributed by atoms with van der Waals surface area (Å²) in [6.45, 7) is 6.77. The molecule has 1 aliphatic rings. The number of nitrogens with two attached hydrogens (primary N) is 1. The summed E-state index contributed by atoms with van der Waals surface area (Å²) in [7, 11) is 0. The van der Waals surface area contributed by atoms with Crippen LogP contribution in [0.5, 0.6) is 0 Å². The second kappa shape index (κ2) is 6.85. The lowest BCUT2D eigenvalue weighted by atomic mass is 10.1. The number of anilines is 1. The first-order valence-electron chi connectivity index (χ1n) is 7.27. The maximum absolute atomic E-state index is 12.4. The molecule has 0 aliphatic carbocycles. The lowest BCUT2D eigenvalue weighted by Gasteiger charge is -2.32. The molecular weight excluding hydrogens is 256 g/mol. The van der Waals surface area contributed by atoms with E-state index in [9.17, 15) is 4.79 Å². The molecule has 0 aromatic carbocycles. The van der Waals surface area contributed by atoms with Crippen LogP contribution in [0.2, 0.25) is 0 Å². The summed E-state index contributed by atoms with van der Waals surface area (Å²) in [5.74, 6) is 0.554. The highest BCUT2D eigenvalue weighted by atomic mass is 16.5. The van der Waals surface area contributed by atoms with Gasteiger partial charge in [-0.1, -0.05) is 0 Å². The largest absolute Gasteiger partial charge is 0.377 e. The Bertz CT molecular complexity index is 478. The van der Waals surface area contributed by atoms with E-state index in [2.05, 4.69) is 9.88 Å². The van der Waals surface area contributed by atoms with E-state index >= 15 is 0 Å². The van der Waals surface area contributed by atoms with Gasteiger partial charge in [0.1, 0.15) is 0 Å². The fourth-order valence-electron chi connectivity index (χ4n) is 2.51. The minimum absolute atomic E-state index is 0.0103. The van der Waals surface area contributed by atoms with Crippen molar-refractivity contribution in [2.75, 3.05) is 31.1 Å². The zero-order chi connectivity index (χ0) is 14.5.